The molecule has 0 bridgehead atoms. The minimum Gasteiger partial charge on any atom is -0.434 e. The summed E-state index contributed by atoms with van der Waals surface area (Å²) in [6, 6.07) is 6.64. The van der Waals surface area contributed by atoms with Crippen LogP contribution in [0, 0.1) is 0 Å². The van der Waals surface area contributed by atoms with E-state index in [-0.39, 0.29) is 5.75 Å². The number of benzene rings is 1. The molecule has 4 heteroatoms. The third kappa shape index (κ3) is 4.08. The zero-order valence-electron chi connectivity index (χ0n) is 8.20. The lowest BCUT2D eigenvalue weighted by molar-refractivity contribution is -0.0499. The van der Waals surface area contributed by atoms with E-state index < -0.39 is 6.61 Å². The van der Waals surface area contributed by atoms with Crippen LogP contribution in [0.4, 0.5) is 8.78 Å². The molecule has 1 aromatic rings. The predicted molar refractivity (Wildman–Crippen MR) is 55.8 cm³/mol. The first-order valence-corrected chi connectivity index (χ1v) is 4.64. The Bertz CT molecular complexity index is 326. The zero-order valence-corrected chi connectivity index (χ0v) is 8.20. The summed E-state index contributed by atoms with van der Waals surface area (Å²) in [6.07, 6.45) is 4.27. The molecule has 1 aromatic carbocycles. The van der Waals surface area contributed by atoms with E-state index in [1.807, 2.05) is 6.08 Å². The van der Waals surface area contributed by atoms with Gasteiger partial charge in [-0.1, -0.05) is 30.4 Å². The van der Waals surface area contributed by atoms with Gasteiger partial charge in [0.15, 0.2) is 0 Å². The summed E-state index contributed by atoms with van der Waals surface area (Å²) in [6.45, 7) is -2.26. The molecule has 2 nitrogen and oxygen atoms in total. The molecular formula is C11H13F2NO. The Hall–Kier alpha value is -1.42. The quantitative estimate of drug-likeness (QED) is 0.816. The fraction of sp³-hybridized carbons (Fsp3) is 0.273. The van der Waals surface area contributed by atoms with E-state index in [0.29, 0.717) is 18.5 Å². The highest BCUT2D eigenvalue weighted by atomic mass is 19.3. The van der Waals surface area contributed by atoms with Crippen LogP contribution in [-0.4, -0.2) is 13.2 Å². The van der Waals surface area contributed by atoms with Gasteiger partial charge in [-0.15, -0.1) is 0 Å². The SMILES string of the molecule is NCCC=Cc1ccccc1OC(F)F. The van der Waals surface area contributed by atoms with Gasteiger partial charge in [0.1, 0.15) is 5.75 Å². The smallest absolute Gasteiger partial charge is 0.387 e. The lowest BCUT2D eigenvalue weighted by Crippen LogP contribution is -2.03. The number of alkyl halides is 2. The van der Waals surface area contributed by atoms with E-state index >= 15 is 0 Å². The average Bonchev–Trinajstić information content (AvgIpc) is 2.20. The number of hydrogen-bond acceptors (Lipinski definition) is 2. The highest BCUT2D eigenvalue weighted by Crippen LogP contribution is 2.21. The summed E-state index contributed by atoms with van der Waals surface area (Å²) >= 11 is 0. The Morgan fingerprint density at radius 1 is 1.33 bits per heavy atom. The van der Waals surface area contributed by atoms with E-state index in [9.17, 15) is 8.78 Å². The molecule has 1 rings (SSSR count). The van der Waals surface area contributed by atoms with E-state index in [4.69, 9.17) is 5.73 Å². The molecule has 82 valence electrons. The lowest BCUT2D eigenvalue weighted by Gasteiger charge is -2.07. The summed E-state index contributed by atoms with van der Waals surface area (Å²) in [5.41, 5.74) is 5.94. The van der Waals surface area contributed by atoms with Crippen molar-refractivity contribution in [1.29, 1.82) is 0 Å². The van der Waals surface area contributed by atoms with Crippen molar-refractivity contribution in [2.24, 2.45) is 5.73 Å². The van der Waals surface area contributed by atoms with E-state index in [2.05, 4.69) is 4.74 Å². The average molecular weight is 213 g/mol. The highest BCUT2D eigenvalue weighted by Gasteiger charge is 2.06. The molecule has 0 aliphatic carbocycles. The van der Waals surface area contributed by atoms with E-state index in [1.54, 1.807) is 24.3 Å². The molecule has 0 fully saturated rings. The fourth-order valence-electron chi connectivity index (χ4n) is 1.13. The molecule has 0 unspecified atom stereocenters. The van der Waals surface area contributed by atoms with Crippen molar-refractivity contribution < 1.29 is 13.5 Å². The molecule has 0 radical (unpaired) electrons. The standard InChI is InChI=1S/C11H13F2NO/c12-11(13)15-10-7-2-1-5-9(10)6-3-4-8-14/h1-3,5-7,11H,4,8,14H2. The van der Waals surface area contributed by atoms with Gasteiger partial charge in [0, 0.05) is 5.56 Å². The zero-order chi connectivity index (χ0) is 11.1. The second-order valence-corrected chi connectivity index (χ2v) is 2.90. The summed E-state index contributed by atoms with van der Waals surface area (Å²) in [4.78, 5) is 0. The van der Waals surface area contributed by atoms with Gasteiger partial charge in [-0.3, -0.25) is 0 Å². The predicted octanol–water partition coefficient (Wildman–Crippen LogP) is 2.65. The summed E-state index contributed by atoms with van der Waals surface area (Å²) in [5, 5.41) is 0. The largest absolute Gasteiger partial charge is 0.434 e. The molecule has 0 atom stereocenters. The van der Waals surface area contributed by atoms with Gasteiger partial charge in [0.2, 0.25) is 0 Å². The maximum atomic E-state index is 12.0. The van der Waals surface area contributed by atoms with Gasteiger partial charge in [-0.25, -0.2) is 0 Å². The van der Waals surface area contributed by atoms with Crippen LogP contribution in [0.15, 0.2) is 30.3 Å². The first-order valence-electron chi connectivity index (χ1n) is 4.64. The number of hydrogen-bond donors (Lipinski definition) is 1. The monoisotopic (exact) mass is 213 g/mol. The third-order valence-corrected chi connectivity index (χ3v) is 1.77. The number of rotatable bonds is 5. The number of halogens is 2. The Balaban J connectivity index is 2.76. The second kappa shape index (κ2) is 6.14. The van der Waals surface area contributed by atoms with Crippen molar-refractivity contribution in [2.45, 2.75) is 13.0 Å². The second-order valence-electron chi connectivity index (χ2n) is 2.90. The Kier molecular flexibility index (Phi) is 4.77. The van der Waals surface area contributed by atoms with Gasteiger partial charge >= 0.3 is 6.61 Å². The van der Waals surface area contributed by atoms with Crippen molar-refractivity contribution in [1.82, 2.24) is 0 Å². The van der Waals surface area contributed by atoms with Crippen molar-refractivity contribution in [2.75, 3.05) is 6.54 Å². The molecule has 0 saturated heterocycles. The van der Waals surface area contributed by atoms with Crippen LogP contribution in [0.25, 0.3) is 6.08 Å². The molecule has 0 amide bonds. The van der Waals surface area contributed by atoms with Gasteiger partial charge in [-0.2, -0.15) is 8.78 Å². The first kappa shape index (κ1) is 11.7. The van der Waals surface area contributed by atoms with Gasteiger partial charge in [0.05, 0.1) is 0 Å². The van der Waals surface area contributed by atoms with Crippen molar-refractivity contribution in [3.63, 3.8) is 0 Å². The molecule has 0 spiro atoms. The molecule has 0 aliphatic rings. The van der Waals surface area contributed by atoms with Crippen LogP contribution in [0.2, 0.25) is 0 Å². The number of para-hydroxylation sites is 1. The topological polar surface area (TPSA) is 35.2 Å². The molecule has 2 N–H and O–H groups in total. The number of nitrogens with two attached hydrogens (primary N) is 1. The molecule has 0 saturated carbocycles. The summed E-state index contributed by atoms with van der Waals surface area (Å²) in [7, 11) is 0. The molecule has 15 heavy (non-hydrogen) atoms. The maximum absolute atomic E-state index is 12.0. The van der Waals surface area contributed by atoms with Gasteiger partial charge in [0.25, 0.3) is 0 Å². The van der Waals surface area contributed by atoms with Gasteiger partial charge in [-0.05, 0) is 19.0 Å². The van der Waals surface area contributed by atoms with Crippen LogP contribution in [-0.2, 0) is 0 Å². The Labute approximate surface area is 87.4 Å². The highest BCUT2D eigenvalue weighted by molar-refractivity contribution is 5.57. The van der Waals surface area contributed by atoms with Crippen molar-refractivity contribution >= 4 is 6.08 Å². The van der Waals surface area contributed by atoms with Gasteiger partial charge < -0.3 is 10.5 Å². The van der Waals surface area contributed by atoms with Crippen molar-refractivity contribution in [3.8, 4) is 5.75 Å². The lowest BCUT2D eigenvalue weighted by atomic mass is 10.2. The summed E-state index contributed by atoms with van der Waals surface area (Å²) < 4.78 is 28.4. The Morgan fingerprint density at radius 2 is 2.07 bits per heavy atom. The van der Waals surface area contributed by atoms with Crippen LogP contribution >= 0.6 is 0 Å². The normalized spacial score (nSPS) is 11.2. The van der Waals surface area contributed by atoms with Crippen LogP contribution in [0.5, 0.6) is 5.75 Å². The number of ether oxygens (including phenoxy) is 1. The van der Waals surface area contributed by atoms with Crippen LogP contribution in [0.1, 0.15) is 12.0 Å². The molecular weight excluding hydrogens is 200 g/mol. The molecule has 0 heterocycles. The minimum atomic E-state index is -2.80. The maximum Gasteiger partial charge on any atom is 0.387 e. The first-order chi connectivity index (χ1) is 7.24. The van der Waals surface area contributed by atoms with Crippen molar-refractivity contribution in [3.05, 3.63) is 35.9 Å². The Morgan fingerprint density at radius 3 is 2.73 bits per heavy atom. The summed E-state index contributed by atoms with van der Waals surface area (Å²) in [5.74, 6) is 0.181. The van der Waals surface area contributed by atoms with E-state index in [1.165, 1.54) is 6.07 Å². The van der Waals surface area contributed by atoms with Crippen LogP contribution in [0.3, 0.4) is 0 Å². The third-order valence-electron chi connectivity index (χ3n) is 1.77. The molecule has 0 aromatic heterocycles. The minimum absolute atomic E-state index is 0.181. The van der Waals surface area contributed by atoms with Crippen LogP contribution < -0.4 is 10.5 Å². The van der Waals surface area contributed by atoms with E-state index in [0.717, 1.165) is 0 Å². The fourth-order valence-corrected chi connectivity index (χ4v) is 1.13. The molecule has 0 aliphatic heterocycles.